The molecule has 1 saturated carbocycles. The normalized spacial score (nSPS) is 22.3. The van der Waals surface area contributed by atoms with Crippen LogP contribution in [0.1, 0.15) is 31.1 Å². The van der Waals surface area contributed by atoms with Gasteiger partial charge in [-0.15, -0.1) is 11.6 Å². The lowest BCUT2D eigenvalue weighted by atomic mass is 10.2. The van der Waals surface area contributed by atoms with Crippen LogP contribution in [0.15, 0.2) is 16.6 Å². The number of aryl methyl sites for hydroxylation is 1. The van der Waals surface area contributed by atoms with E-state index in [0.29, 0.717) is 21.6 Å². The highest BCUT2D eigenvalue weighted by Crippen LogP contribution is 2.39. The Balaban J connectivity index is 2.09. The maximum absolute atomic E-state index is 13.7. The Hall–Kier alpha value is -0.260. The van der Waals surface area contributed by atoms with Gasteiger partial charge in [0, 0.05) is 29.7 Å². The SMILES string of the molecule is CSC1CCC(n2c(CCCl)nc3cc(F)c(Br)cc32)C1. The molecule has 1 aromatic heterocycles. The van der Waals surface area contributed by atoms with E-state index in [2.05, 4.69) is 31.7 Å². The first-order valence-corrected chi connectivity index (χ1v) is 9.70. The molecule has 6 heteroatoms. The van der Waals surface area contributed by atoms with Gasteiger partial charge in [0.05, 0.1) is 15.5 Å². The highest BCUT2D eigenvalue weighted by Gasteiger charge is 2.28. The minimum atomic E-state index is -0.266. The van der Waals surface area contributed by atoms with Crippen LogP contribution in [0.4, 0.5) is 4.39 Å². The number of nitrogens with zero attached hydrogens (tertiary/aromatic N) is 2. The first-order chi connectivity index (χ1) is 10.1. The number of alkyl halides is 1. The molecule has 1 fully saturated rings. The molecule has 0 bridgehead atoms. The van der Waals surface area contributed by atoms with E-state index in [4.69, 9.17) is 11.6 Å². The molecule has 1 aliphatic rings. The highest BCUT2D eigenvalue weighted by atomic mass is 79.9. The molecule has 0 saturated heterocycles. The van der Waals surface area contributed by atoms with Crippen molar-refractivity contribution < 1.29 is 4.39 Å². The number of hydrogen-bond acceptors (Lipinski definition) is 2. The molecule has 2 atom stereocenters. The summed E-state index contributed by atoms with van der Waals surface area (Å²) < 4.78 is 16.5. The van der Waals surface area contributed by atoms with E-state index in [9.17, 15) is 4.39 Å². The van der Waals surface area contributed by atoms with Gasteiger partial charge in [-0.05, 0) is 47.5 Å². The van der Waals surface area contributed by atoms with E-state index in [1.807, 2.05) is 17.8 Å². The summed E-state index contributed by atoms with van der Waals surface area (Å²) in [5.41, 5.74) is 1.73. The number of hydrogen-bond donors (Lipinski definition) is 0. The van der Waals surface area contributed by atoms with Crippen molar-refractivity contribution >= 4 is 50.3 Å². The molecule has 2 unspecified atom stereocenters. The van der Waals surface area contributed by atoms with Gasteiger partial charge < -0.3 is 4.57 Å². The van der Waals surface area contributed by atoms with Gasteiger partial charge in [-0.25, -0.2) is 9.37 Å². The smallest absolute Gasteiger partial charge is 0.139 e. The molecule has 0 radical (unpaired) electrons. The summed E-state index contributed by atoms with van der Waals surface area (Å²) in [6, 6.07) is 3.80. The molecule has 1 aromatic carbocycles. The largest absolute Gasteiger partial charge is 0.325 e. The standard InChI is InChI=1S/C15H17BrClFN2S/c1-21-10-3-2-9(6-10)20-14-7-11(16)12(18)8-13(14)19-15(20)4-5-17/h7-10H,2-6H2,1H3. The predicted molar refractivity (Wildman–Crippen MR) is 92.0 cm³/mol. The first kappa shape index (κ1) is 15.6. The van der Waals surface area contributed by atoms with Crippen LogP contribution >= 0.6 is 39.3 Å². The van der Waals surface area contributed by atoms with Crippen LogP contribution in [-0.2, 0) is 6.42 Å². The van der Waals surface area contributed by atoms with Crippen molar-refractivity contribution in [2.75, 3.05) is 12.1 Å². The summed E-state index contributed by atoms with van der Waals surface area (Å²) in [7, 11) is 0. The Morgan fingerprint density at radius 3 is 2.95 bits per heavy atom. The average molecular weight is 392 g/mol. The van der Waals surface area contributed by atoms with Crippen LogP contribution in [0, 0.1) is 5.82 Å². The van der Waals surface area contributed by atoms with E-state index in [1.165, 1.54) is 12.5 Å². The fraction of sp³-hybridized carbons (Fsp3) is 0.533. The van der Waals surface area contributed by atoms with Crippen LogP contribution < -0.4 is 0 Å². The van der Waals surface area contributed by atoms with Crippen molar-refractivity contribution in [3.8, 4) is 0 Å². The fourth-order valence-corrected chi connectivity index (χ4v) is 4.46. The zero-order chi connectivity index (χ0) is 15.0. The van der Waals surface area contributed by atoms with Crippen molar-refractivity contribution in [1.82, 2.24) is 9.55 Å². The van der Waals surface area contributed by atoms with Gasteiger partial charge in [-0.1, -0.05) is 0 Å². The van der Waals surface area contributed by atoms with Gasteiger partial charge in [0.15, 0.2) is 0 Å². The van der Waals surface area contributed by atoms with Crippen molar-refractivity contribution in [3.05, 3.63) is 28.2 Å². The Kier molecular flexibility index (Phi) is 4.81. The maximum Gasteiger partial charge on any atom is 0.139 e. The second-order valence-electron chi connectivity index (χ2n) is 5.42. The lowest BCUT2D eigenvalue weighted by molar-refractivity contribution is 0.514. The molecule has 3 rings (SSSR count). The number of rotatable bonds is 4. The second kappa shape index (κ2) is 6.47. The van der Waals surface area contributed by atoms with E-state index >= 15 is 0 Å². The van der Waals surface area contributed by atoms with Gasteiger partial charge in [-0.2, -0.15) is 11.8 Å². The van der Waals surface area contributed by atoms with E-state index in [0.717, 1.165) is 36.1 Å². The monoisotopic (exact) mass is 390 g/mol. The molecule has 2 nitrogen and oxygen atoms in total. The molecular weight excluding hydrogens is 375 g/mol. The van der Waals surface area contributed by atoms with Crippen LogP contribution in [-0.4, -0.2) is 26.9 Å². The van der Waals surface area contributed by atoms with E-state index in [1.54, 1.807) is 0 Å². The van der Waals surface area contributed by atoms with Crippen molar-refractivity contribution in [3.63, 3.8) is 0 Å². The van der Waals surface area contributed by atoms with Crippen molar-refractivity contribution in [1.29, 1.82) is 0 Å². The fourth-order valence-electron chi connectivity index (χ4n) is 3.17. The van der Waals surface area contributed by atoms with Gasteiger partial charge in [0.2, 0.25) is 0 Å². The molecule has 1 heterocycles. The lowest BCUT2D eigenvalue weighted by Crippen LogP contribution is -2.11. The third kappa shape index (κ3) is 2.97. The van der Waals surface area contributed by atoms with E-state index in [-0.39, 0.29) is 5.82 Å². The number of benzene rings is 1. The van der Waals surface area contributed by atoms with Crippen molar-refractivity contribution in [2.45, 2.75) is 37.0 Å². The number of aromatic nitrogens is 2. The molecule has 0 spiro atoms. The summed E-state index contributed by atoms with van der Waals surface area (Å²) in [6.45, 7) is 0. The Morgan fingerprint density at radius 2 is 2.29 bits per heavy atom. The number of thioether (sulfide) groups is 1. The first-order valence-electron chi connectivity index (χ1n) is 7.08. The molecule has 114 valence electrons. The molecule has 2 aromatic rings. The number of imidazole rings is 1. The van der Waals surface area contributed by atoms with Crippen LogP contribution in [0.25, 0.3) is 11.0 Å². The zero-order valence-electron chi connectivity index (χ0n) is 11.8. The Morgan fingerprint density at radius 1 is 1.48 bits per heavy atom. The lowest BCUT2D eigenvalue weighted by Gasteiger charge is -2.17. The van der Waals surface area contributed by atoms with Gasteiger partial charge >= 0.3 is 0 Å². The summed E-state index contributed by atoms with van der Waals surface area (Å²) in [5, 5.41) is 0.709. The highest BCUT2D eigenvalue weighted by molar-refractivity contribution is 9.10. The molecule has 1 aliphatic carbocycles. The zero-order valence-corrected chi connectivity index (χ0v) is 14.9. The van der Waals surface area contributed by atoms with Crippen LogP contribution in [0.2, 0.25) is 0 Å². The average Bonchev–Trinajstić information content (AvgIpc) is 3.04. The molecule has 0 N–H and O–H groups in total. The molecule has 21 heavy (non-hydrogen) atoms. The minimum Gasteiger partial charge on any atom is -0.325 e. The third-order valence-electron chi connectivity index (χ3n) is 4.18. The van der Waals surface area contributed by atoms with Gasteiger partial charge in [0.25, 0.3) is 0 Å². The Labute approximate surface area is 141 Å². The van der Waals surface area contributed by atoms with Gasteiger partial charge in [-0.3, -0.25) is 0 Å². The van der Waals surface area contributed by atoms with E-state index < -0.39 is 0 Å². The Bertz CT molecular complexity index is 661. The second-order valence-corrected chi connectivity index (χ2v) is 7.79. The third-order valence-corrected chi connectivity index (χ3v) is 6.07. The van der Waals surface area contributed by atoms with Crippen LogP contribution in [0.3, 0.4) is 0 Å². The van der Waals surface area contributed by atoms with Gasteiger partial charge in [0.1, 0.15) is 11.6 Å². The van der Waals surface area contributed by atoms with Crippen molar-refractivity contribution in [2.24, 2.45) is 0 Å². The summed E-state index contributed by atoms with van der Waals surface area (Å²) >= 11 is 11.1. The molecule has 0 aliphatic heterocycles. The summed E-state index contributed by atoms with van der Waals surface area (Å²) in [4.78, 5) is 4.61. The molecular formula is C15H17BrClFN2S. The summed E-state index contributed by atoms with van der Waals surface area (Å²) in [6.07, 6.45) is 6.42. The predicted octanol–water partition coefficient (Wildman–Crippen LogP) is 5.18. The van der Waals surface area contributed by atoms with Crippen LogP contribution in [0.5, 0.6) is 0 Å². The summed E-state index contributed by atoms with van der Waals surface area (Å²) in [5.74, 6) is 1.24. The quantitative estimate of drug-likeness (QED) is 0.669. The number of fused-ring (bicyclic) bond motifs is 1. The maximum atomic E-state index is 13.7. The number of halogens is 3. The minimum absolute atomic E-state index is 0.266. The topological polar surface area (TPSA) is 17.8 Å². The molecule has 0 amide bonds.